The fourth-order valence-corrected chi connectivity index (χ4v) is 2.32. The Morgan fingerprint density at radius 1 is 1.31 bits per heavy atom. The van der Waals surface area contributed by atoms with Crippen LogP contribution in [0.25, 0.3) is 0 Å². The van der Waals surface area contributed by atoms with E-state index in [1.54, 1.807) is 0 Å². The van der Waals surface area contributed by atoms with Gasteiger partial charge < -0.3 is 5.32 Å². The number of carbonyl (C=O) groups is 1. The van der Waals surface area contributed by atoms with Crippen LogP contribution in [0.3, 0.4) is 0 Å². The third-order valence-corrected chi connectivity index (χ3v) is 4.11. The molecule has 0 bridgehead atoms. The zero-order chi connectivity index (χ0) is 11.5. The summed E-state index contributed by atoms with van der Waals surface area (Å²) in [6.07, 6.45) is 0. The highest BCUT2D eigenvalue weighted by Gasteiger charge is 2.09. The molecule has 1 aromatic carbocycles. The lowest BCUT2D eigenvalue weighted by Crippen LogP contribution is -2.10. The Kier molecular flexibility index (Phi) is 3.41. The minimum absolute atomic E-state index is 0.0682. The second-order valence-corrected chi connectivity index (χ2v) is 5.11. The van der Waals surface area contributed by atoms with E-state index in [9.17, 15) is 4.79 Å². The highest BCUT2D eigenvalue weighted by molar-refractivity contribution is 9.10. The molecule has 1 amide bonds. The average Bonchev–Trinajstić information content (AvgIpc) is 2.78. The molecular weight excluding hydrogens is 286 g/mol. The van der Waals surface area contributed by atoms with Gasteiger partial charge >= 0.3 is 0 Å². The van der Waals surface area contributed by atoms with Crippen molar-refractivity contribution in [2.45, 2.75) is 6.92 Å². The van der Waals surface area contributed by atoms with Gasteiger partial charge in [0.2, 0.25) is 0 Å². The maximum absolute atomic E-state index is 11.8. The lowest BCUT2D eigenvalue weighted by Gasteiger charge is -2.07. The van der Waals surface area contributed by atoms with E-state index in [2.05, 4.69) is 21.2 Å². The quantitative estimate of drug-likeness (QED) is 0.889. The molecule has 0 aliphatic rings. The number of halogens is 1. The molecule has 0 spiro atoms. The van der Waals surface area contributed by atoms with Crippen molar-refractivity contribution in [2.24, 2.45) is 0 Å². The van der Waals surface area contributed by atoms with Crippen molar-refractivity contribution < 1.29 is 4.79 Å². The van der Waals surface area contributed by atoms with E-state index in [0.29, 0.717) is 4.88 Å². The minimum Gasteiger partial charge on any atom is -0.320 e. The van der Waals surface area contributed by atoms with E-state index < -0.39 is 0 Å². The van der Waals surface area contributed by atoms with E-state index in [1.807, 2.05) is 42.6 Å². The fourth-order valence-electron chi connectivity index (χ4n) is 1.34. The van der Waals surface area contributed by atoms with Crippen molar-refractivity contribution in [3.8, 4) is 0 Å². The summed E-state index contributed by atoms with van der Waals surface area (Å²) < 4.78 is 0.930. The number of benzene rings is 1. The Hall–Kier alpha value is -1.13. The molecular formula is C12H10BrNOS. The van der Waals surface area contributed by atoms with Crippen LogP contribution in [0.2, 0.25) is 0 Å². The normalized spacial score (nSPS) is 10.1. The number of thiophene rings is 1. The van der Waals surface area contributed by atoms with Crippen molar-refractivity contribution in [1.82, 2.24) is 0 Å². The standard InChI is InChI=1S/C12H10BrNOS/c1-8-4-2-5-9(11(8)13)14-12(15)10-6-3-7-16-10/h2-7H,1H3,(H,14,15). The summed E-state index contributed by atoms with van der Waals surface area (Å²) in [5, 5.41) is 4.77. The van der Waals surface area contributed by atoms with Crippen molar-refractivity contribution in [3.05, 3.63) is 50.6 Å². The molecule has 1 heterocycles. The highest BCUT2D eigenvalue weighted by Crippen LogP contribution is 2.26. The maximum Gasteiger partial charge on any atom is 0.265 e. The molecule has 82 valence electrons. The molecule has 0 atom stereocenters. The Balaban J connectivity index is 2.22. The van der Waals surface area contributed by atoms with E-state index >= 15 is 0 Å². The van der Waals surface area contributed by atoms with Gasteiger partial charge in [0, 0.05) is 4.47 Å². The molecule has 0 aliphatic heterocycles. The van der Waals surface area contributed by atoms with E-state index in [-0.39, 0.29) is 5.91 Å². The predicted octanol–water partition coefficient (Wildman–Crippen LogP) is 4.07. The van der Waals surface area contributed by atoms with Gasteiger partial charge in [0.1, 0.15) is 0 Å². The van der Waals surface area contributed by atoms with Crippen molar-refractivity contribution >= 4 is 38.9 Å². The molecule has 0 saturated heterocycles. The van der Waals surface area contributed by atoms with Gasteiger partial charge in [0.05, 0.1) is 10.6 Å². The van der Waals surface area contributed by atoms with E-state index in [0.717, 1.165) is 15.7 Å². The molecule has 16 heavy (non-hydrogen) atoms. The largest absolute Gasteiger partial charge is 0.320 e. The number of aryl methyl sites for hydroxylation is 1. The summed E-state index contributed by atoms with van der Waals surface area (Å²) in [4.78, 5) is 12.5. The van der Waals surface area contributed by atoms with Gasteiger partial charge in [-0.25, -0.2) is 0 Å². The first-order valence-electron chi connectivity index (χ1n) is 4.78. The third kappa shape index (κ3) is 2.33. The zero-order valence-electron chi connectivity index (χ0n) is 8.66. The first-order valence-corrected chi connectivity index (χ1v) is 6.45. The molecule has 1 aromatic heterocycles. The van der Waals surface area contributed by atoms with Crippen LogP contribution in [0.4, 0.5) is 5.69 Å². The lowest BCUT2D eigenvalue weighted by atomic mass is 10.2. The minimum atomic E-state index is -0.0682. The molecule has 0 radical (unpaired) electrons. The van der Waals surface area contributed by atoms with Crippen LogP contribution in [0, 0.1) is 6.92 Å². The van der Waals surface area contributed by atoms with Gasteiger partial charge in [0.15, 0.2) is 0 Å². The third-order valence-electron chi connectivity index (χ3n) is 2.18. The van der Waals surface area contributed by atoms with Crippen LogP contribution in [0.5, 0.6) is 0 Å². The summed E-state index contributed by atoms with van der Waals surface area (Å²) in [6, 6.07) is 9.46. The van der Waals surface area contributed by atoms with Crippen LogP contribution in [-0.2, 0) is 0 Å². The van der Waals surface area contributed by atoms with Gasteiger partial charge in [-0.2, -0.15) is 0 Å². The Bertz CT molecular complexity index is 508. The fraction of sp³-hybridized carbons (Fsp3) is 0.0833. The van der Waals surface area contributed by atoms with Crippen molar-refractivity contribution in [3.63, 3.8) is 0 Å². The van der Waals surface area contributed by atoms with Gasteiger partial charge in [-0.3, -0.25) is 4.79 Å². The second kappa shape index (κ2) is 4.80. The van der Waals surface area contributed by atoms with Gasteiger partial charge in [-0.1, -0.05) is 18.2 Å². The molecule has 2 nitrogen and oxygen atoms in total. The number of amides is 1. The predicted molar refractivity (Wildman–Crippen MR) is 71.2 cm³/mol. The molecule has 4 heteroatoms. The van der Waals surface area contributed by atoms with Crippen LogP contribution in [0.1, 0.15) is 15.2 Å². The summed E-state index contributed by atoms with van der Waals surface area (Å²) in [6.45, 7) is 1.99. The van der Waals surface area contributed by atoms with Crippen LogP contribution >= 0.6 is 27.3 Å². The summed E-state index contributed by atoms with van der Waals surface area (Å²) in [5.74, 6) is -0.0682. The van der Waals surface area contributed by atoms with E-state index in [4.69, 9.17) is 0 Å². The van der Waals surface area contributed by atoms with Crippen LogP contribution in [0.15, 0.2) is 40.2 Å². The Labute approximate surface area is 106 Å². The average molecular weight is 296 g/mol. The number of carbonyl (C=O) groups excluding carboxylic acids is 1. The Morgan fingerprint density at radius 3 is 2.81 bits per heavy atom. The van der Waals surface area contributed by atoms with Gasteiger partial charge in [0.25, 0.3) is 5.91 Å². The van der Waals surface area contributed by atoms with Crippen molar-refractivity contribution in [2.75, 3.05) is 5.32 Å². The monoisotopic (exact) mass is 295 g/mol. The second-order valence-electron chi connectivity index (χ2n) is 3.37. The molecule has 1 N–H and O–H groups in total. The molecule has 2 aromatic rings. The number of nitrogens with one attached hydrogen (secondary N) is 1. The number of hydrogen-bond acceptors (Lipinski definition) is 2. The summed E-state index contributed by atoms with van der Waals surface area (Å²) in [5.41, 5.74) is 1.90. The first-order chi connectivity index (χ1) is 7.68. The van der Waals surface area contributed by atoms with Gasteiger partial charge in [-0.15, -0.1) is 11.3 Å². The number of hydrogen-bond donors (Lipinski definition) is 1. The number of anilines is 1. The zero-order valence-corrected chi connectivity index (χ0v) is 11.1. The smallest absolute Gasteiger partial charge is 0.265 e. The SMILES string of the molecule is Cc1cccc(NC(=O)c2cccs2)c1Br. The van der Waals surface area contributed by atoms with Crippen LogP contribution < -0.4 is 5.32 Å². The summed E-state index contributed by atoms with van der Waals surface area (Å²) in [7, 11) is 0. The maximum atomic E-state index is 11.8. The van der Waals surface area contributed by atoms with Crippen molar-refractivity contribution in [1.29, 1.82) is 0 Å². The molecule has 0 unspecified atom stereocenters. The van der Waals surface area contributed by atoms with Gasteiger partial charge in [-0.05, 0) is 45.9 Å². The summed E-state index contributed by atoms with van der Waals surface area (Å²) >= 11 is 4.89. The topological polar surface area (TPSA) is 29.1 Å². The lowest BCUT2D eigenvalue weighted by molar-refractivity contribution is 0.103. The molecule has 0 saturated carbocycles. The first kappa shape index (κ1) is 11.4. The molecule has 2 rings (SSSR count). The van der Waals surface area contributed by atoms with E-state index in [1.165, 1.54) is 11.3 Å². The van der Waals surface area contributed by atoms with Crippen LogP contribution in [-0.4, -0.2) is 5.91 Å². The highest BCUT2D eigenvalue weighted by atomic mass is 79.9. The molecule has 0 fully saturated rings. The Morgan fingerprint density at radius 2 is 2.12 bits per heavy atom. The molecule has 0 aliphatic carbocycles. The number of rotatable bonds is 2.